The Hall–Kier alpha value is -2.12. The molecule has 1 N–H and O–H groups in total. The fourth-order valence-corrected chi connectivity index (χ4v) is 3.18. The van der Waals surface area contributed by atoms with Gasteiger partial charge in [-0.15, -0.1) is 0 Å². The van der Waals surface area contributed by atoms with Gasteiger partial charge in [-0.3, -0.25) is 4.90 Å². The zero-order valence-corrected chi connectivity index (χ0v) is 14.8. The minimum absolute atomic E-state index is 0.200. The van der Waals surface area contributed by atoms with Crippen molar-refractivity contribution in [3.63, 3.8) is 0 Å². The van der Waals surface area contributed by atoms with E-state index in [1.165, 1.54) is 11.6 Å². The number of hydrogen-bond acceptors (Lipinski definition) is 3. The molecule has 0 aromatic heterocycles. The summed E-state index contributed by atoms with van der Waals surface area (Å²) < 4.78 is 13.4. The molecule has 0 aliphatic carbocycles. The van der Waals surface area contributed by atoms with E-state index in [4.69, 9.17) is 0 Å². The number of benzene rings is 1. The minimum Gasteiger partial charge on any atom is -0.390 e. The number of halogens is 1. The van der Waals surface area contributed by atoms with Crippen LogP contribution >= 0.6 is 0 Å². The van der Waals surface area contributed by atoms with Gasteiger partial charge in [0.05, 0.1) is 5.57 Å². The van der Waals surface area contributed by atoms with Gasteiger partial charge in [-0.25, -0.2) is 4.39 Å². The third kappa shape index (κ3) is 4.46. The minimum atomic E-state index is -0.200. The summed E-state index contributed by atoms with van der Waals surface area (Å²) in [5.74, 6) is -0.200. The summed E-state index contributed by atoms with van der Waals surface area (Å²) in [6.45, 7) is 6.61. The second-order valence-corrected chi connectivity index (χ2v) is 6.31. The van der Waals surface area contributed by atoms with Crippen molar-refractivity contribution < 1.29 is 4.39 Å². The second kappa shape index (κ2) is 8.65. The molecule has 0 spiro atoms. The summed E-state index contributed by atoms with van der Waals surface area (Å²) in [5, 5.41) is 12.9. The molecule has 0 bridgehead atoms. The van der Waals surface area contributed by atoms with Crippen LogP contribution in [-0.2, 0) is 6.54 Å². The number of nitrogens with zero attached hydrogens (tertiary/aromatic N) is 2. The van der Waals surface area contributed by atoms with Crippen molar-refractivity contribution in [3.8, 4) is 6.07 Å². The Morgan fingerprint density at radius 2 is 2.21 bits per heavy atom. The van der Waals surface area contributed by atoms with Crippen LogP contribution in [0.3, 0.4) is 0 Å². The molecule has 1 aromatic carbocycles. The van der Waals surface area contributed by atoms with E-state index in [-0.39, 0.29) is 5.82 Å². The van der Waals surface area contributed by atoms with Crippen molar-refractivity contribution >= 4 is 0 Å². The highest BCUT2D eigenvalue weighted by Crippen LogP contribution is 2.27. The molecule has 1 aliphatic heterocycles. The van der Waals surface area contributed by atoms with E-state index < -0.39 is 0 Å². The van der Waals surface area contributed by atoms with E-state index in [1.54, 1.807) is 12.1 Å². The first-order valence-corrected chi connectivity index (χ1v) is 8.55. The fraction of sp³-hybridized carbons (Fsp3) is 0.450. The van der Waals surface area contributed by atoms with Crippen molar-refractivity contribution in [2.75, 3.05) is 20.1 Å². The van der Waals surface area contributed by atoms with Crippen molar-refractivity contribution in [1.82, 2.24) is 10.2 Å². The maximum atomic E-state index is 13.4. The van der Waals surface area contributed by atoms with Gasteiger partial charge in [0.15, 0.2) is 0 Å². The number of nitrogens with one attached hydrogen (secondary N) is 1. The first-order valence-electron chi connectivity index (χ1n) is 8.55. The van der Waals surface area contributed by atoms with Crippen molar-refractivity contribution in [2.45, 2.75) is 39.7 Å². The lowest BCUT2D eigenvalue weighted by molar-refractivity contribution is 0.278. The molecule has 3 nitrogen and oxygen atoms in total. The molecular weight excluding hydrogens is 301 g/mol. The van der Waals surface area contributed by atoms with Gasteiger partial charge in [-0.2, -0.15) is 5.26 Å². The summed E-state index contributed by atoms with van der Waals surface area (Å²) in [4.78, 5) is 2.29. The third-order valence-electron chi connectivity index (χ3n) is 4.51. The van der Waals surface area contributed by atoms with Gasteiger partial charge in [0, 0.05) is 32.4 Å². The van der Waals surface area contributed by atoms with E-state index >= 15 is 0 Å². The first-order chi connectivity index (χ1) is 11.6. The van der Waals surface area contributed by atoms with Crippen LogP contribution in [0.2, 0.25) is 0 Å². The standard InChI is InChI=1S/C20H26FN3/c1-4-6-20(23-3)18(12-22)19-14-24(10-9-15(19)2)13-16-7-5-8-17(21)11-16/h5,7-8,11,23H,4,6,9-10,13-14H2,1-3H3/b20-18+. The number of allylic oxidation sites excluding steroid dienone is 1. The normalized spacial score (nSPS) is 16.6. The largest absolute Gasteiger partial charge is 0.390 e. The molecule has 0 amide bonds. The highest BCUT2D eigenvalue weighted by atomic mass is 19.1. The second-order valence-electron chi connectivity index (χ2n) is 6.31. The molecule has 0 fully saturated rings. The number of nitriles is 1. The average molecular weight is 327 g/mol. The lowest BCUT2D eigenvalue weighted by Crippen LogP contribution is -2.32. The van der Waals surface area contributed by atoms with Crippen LogP contribution in [0, 0.1) is 17.1 Å². The highest BCUT2D eigenvalue weighted by molar-refractivity contribution is 5.49. The fourth-order valence-electron chi connectivity index (χ4n) is 3.18. The van der Waals surface area contributed by atoms with Crippen LogP contribution in [0.25, 0.3) is 0 Å². The molecule has 1 aromatic rings. The van der Waals surface area contributed by atoms with Gasteiger partial charge < -0.3 is 5.32 Å². The molecule has 128 valence electrons. The molecule has 1 heterocycles. The maximum absolute atomic E-state index is 13.4. The van der Waals surface area contributed by atoms with Gasteiger partial charge in [0.1, 0.15) is 11.9 Å². The Morgan fingerprint density at radius 1 is 1.42 bits per heavy atom. The molecule has 0 saturated carbocycles. The number of hydrogen-bond donors (Lipinski definition) is 1. The van der Waals surface area contributed by atoms with Crippen LogP contribution in [0.4, 0.5) is 4.39 Å². The van der Waals surface area contributed by atoms with E-state index in [0.29, 0.717) is 6.54 Å². The molecular formula is C20H26FN3. The van der Waals surface area contributed by atoms with E-state index in [0.717, 1.165) is 54.8 Å². The molecule has 0 atom stereocenters. The Balaban J connectivity index is 2.22. The highest BCUT2D eigenvalue weighted by Gasteiger charge is 2.21. The molecule has 24 heavy (non-hydrogen) atoms. The van der Waals surface area contributed by atoms with E-state index in [9.17, 15) is 9.65 Å². The predicted molar refractivity (Wildman–Crippen MR) is 95.6 cm³/mol. The summed E-state index contributed by atoms with van der Waals surface area (Å²) in [6, 6.07) is 9.15. The summed E-state index contributed by atoms with van der Waals surface area (Å²) >= 11 is 0. The van der Waals surface area contributed by atoms with Crippen LogP contribution in [-0.4, -0.2) is 25.0 Å². The summed E-state index contributed by atoms with van der Waals surface area (Å²) in [5.41, 5.74) is 5.17. The zero-order chi connectivity index (χ0) is 17.5. The molecule has 0 unspecified atom stereocenters. The van der Waals surface area contributed by atoms with E-state index in [2.05, 4.69) is 30.1 Å². The summed E-state index contributed by atoms with van der Waals surface area (Å²) in [6.07, 6.45) is 2.82. The van der Waals surface area contributed by atoms with E-state index in [1.807, 2.05) is 13.1 Å². The smallest absolute Gasteiger partial charge is 0.123 e. The Labute approximate surface area is 144 Å². The Kier molecular flexibility index (Phi) is 6.57. The van der Waals surface area contributed by atoms with Gasteiger partial charge in [-0.05, 0) is 43.0 Å². The monoisotopic (exact) mass is 327 g/mol. The lowest BCUT2D eigenvalue weighted by atomic mass is 9.93. The maximum Gasteiger partial charge on any atom is 0.123 e. The van der Waals surface area contributed by atoms with Gasteiger partial charge in [0.25, 0.3) is 0 Å². The van der Waals surface area contributed by atoms with Crippen LogP contribution in [0.15, 0.2) is 46.7 Å². The molecule has 0 saturated heterocycles. The number of rotatable bonds is 6. The Bertz CT molecular complexity index is 682. The van der Waals surface area contributed by atoms with Crippen LogP contribution in [0.5, 0.6) is 0 Å². The van der Waals surface area contributed by atoms with Crippen molar-refractivity contribution in [2.24, 2.45) is 0 Å². The van der Waals surface area contributed by atoms with Crippen LogP contribution in [0.1, 0.15) is 38.7 Å². The predicted octanol–water partition coefficient (Wildman–Crippen LogP) is 4.15. The SMILES string of the molecule is CCC/C(NC)=C(/C#N)C1=C(C)CCN(Cc2cccc(F)c2)C1. The summed E-state index contributed by atoms with van der Waals surface area (Å²) in [7, 11) is 1.88. The zero-order valence-electron chi connectivity index (χ0n) is 14.8. The first kappa shape index (κ1) is 18.2. The quantitative estimate of drug-likeness (QED) is 0.798. The topological polar surface area (TPSA) is 39.1 Å². The molecule has 1 aliphatic rings. The Morgan fingerprint density at radius 3 is 2.83 bits per heavy atom. The van der Waals surface area contributed by atoms with Crippen molar-refractivity contribution in [3.05, 3.63) is 58.1 Å². The van der Waals surface area contributed by atoms with Gasteiger partial charge >= 0.3 is 0 Å². The van der Waals surface area contributed by atoms with Crippen molar-refractivity contribution in [1.29, 1.82) is 5.26 Å². The third-order valence-corrected chi connectivity index (χ3v) is 4.51. The van der Waals surface area contributed by atoms with Gasteiger partial charge in [-0.1, -0.05) is 31.1 Å². The van der Waals surface area contributed by atoms with Crippen LogP contribution < -0.4 is 5.32 Å². The molecule has 4 heteroatoms. The average Bonchev–Trinajstić information content (AvgIpc) is 2.57. The molecule has 0 radical (unpaired) electrons. The van der Waals surface area contributed by atoms with Gasteiger partial charge in [0.2, 0.25) is 0 Å². The molecule has 2 rings (SSSR count). The lowest BCUT2D eigenvalue weighted by Gasteiger charge is -2.30.